The van der Waals surface area contributed by atoms with Crippen LogP contribution in [0.3, 0.4) is 0 Å². The Kier molecular flexibility index (Phi) is 3.99. The van der Waals surface area contributed by atoms with Gasteiger partial charge >= 0.3 is 0 Å². The molecule has 1 amide bonds. The second-order valence-corrected chi connectivity index (χ2v) is 6.72. The summed E-state index contributed by atoms with van der Waals surface area (Å²) >= 11 is 0. The van der Waals surface area contributed by atoms with Gasteiger partial charge in [0.25, 0.3) is 5.91 Å². The van der Waals surface area contributed by atoms with Crippen LogP contribution in [-0.2, 0) is 0 Å². The molecular weight excluding hydrogens is 317 g/mol. The summed E-state index contributed by atoms with van der Waals surface area (Å²) in [5.41, 5.74) is 3.81. The molecule has 1 aliphatic heterocycles. The van der Waals surface area contributed by atoms with E-state index in [1.807, 2.05) is 11.0 Å². The number of aromatic amines is 1. The Morgan fingerprint density at radius 3 is 2.60 bits per heavy atom. The number of nitrogens with zero attached hydrogens (tertiary/aromatic N) is 2. The SMILES string of the molecule is Cc1ccc2nc(C3CCN(C(=O)c4ccc(F)cc4)CC3)[nH]c2c1. The quantitative estimate of drug-likeness (QED) is 0.767. The van der Waals surface area contributed by atoms with Crippen LogP contribution < -0.4 is 0 Å². The van der Waals surface area contributed by atoms with Crippen LogP contribution in [0.15, 0.2) is 42.5 Å². The highest BCUT2D eigenvalue weighted by molar-refractivity contribution is 5.94. The number of nitrogens with one attached hydrogen (secondary N) is 1. The highest BCUT2D eigenvalue weighted by Gasteiger charge is 2.26. The van der Waals surface area contributed by atoms with Gasteiger partial charge in [0.15, 0.2) is 0 Å². The standard InChI is InChI=1S/C20H20FN3O/c1-13-2-7-17-18(12-13)23-19(22-17)14-8-10-24(11-9-14)20(25)15-3-5-16(21)6-4-15/h2-7,12,14H,8-11H2,1H3,(H,22,23). The molecule has 2 heterocycles. The Bertz CT molecular complexity index is 908. The van der Waals surface area contributed by atoms with Crippen LogP contribution in [0.25, 0.3) is 11.0 Å². The molecule has 3 aromatic rings. The lowest BCUT2D eigenvalue weighted by Crippen LogP contribution is -2.38. The molecule has 4 nitrogen and oxygen atoms in total. The van der Waals surface area contributed by atoms with Crippen LogP contribution in [0, 0.1) is 12.7 Å². The van der Waals surface area contributed by atoms with Gasteiger partial charge in [-0.25, -0.2) is 9.37 Å². The van der Waals surface area contributed by atoms with Crippen molar-refractivity contribution in [2.24, 2.45) is 0 Å². The van der Waals surface area contributed by atoms with E-state index < -0.39 is 0 Å². The molecule has 128 valence electrons. The largest absolute Gasteiger partial charge is 0.342 e. The van der Waals surface area contributed by atoms with Gasteiger partial charge in [0.2, 0.25) is 0 Å². The molecule has 1 aromatic heterocycles. The number of fused-ring (bicyclic) bond motifs is 1. The third-order valence-corrected chi connectivity index (χ3v) is 4.92. The summed E-state index contributed by atoms with van der Waals surface area (Å²) in [7, 11) is 0. The van der Waals surface area contributed by atoms with Gasteiger partial charge in [0.05, 0.1) is 11.0 Å². The van der Waals surface area contributed by atoms with Crippen molar-refractivity contribution < 1.29 is 9.18 Å². The van der Waals surface area contributed by atoms with Crippen LogP contribution in [0.5, 0.6) is 0 Å². The van der Waals surface area contributed by atoms with E-state index in [0.29, 0.717) is 24.6 Å². The summed E-state index contributed by atoms with van der Waals surface area (Å²) in [6, 6.07) is 12.0. The lowest BCUT2D eigenvalue weighted by Gasteiger charge is -2.31. The summed E-state index contributed by atoms with van der Waals surface area (Å²) in [4.78, 5) is 22.5. The van der Waals surface area contributed by atoms with Gasteiger partial charge in [0, 0.05) is 24.6 Å². The van der Waals surface area contributed by atoms with E-state index in [2.05, 4.69) is 24.0 Å². The maximum atomic E-state index is 13.0. The molecule has 1 fully saturated rings. The molecule has 0 aliphatic carbocycles. The smallest absolute Gasteiger partial charge is 0.253 e. The third kappa shape index (κ3) is 3.14. The molecule has 1 saturated heterocycles. The van der Waals surface area contributed by atoms with Crippen molar-refractivity contribution in [1.82, 2.24) is 14.9 Å². The molecule has 0 atom stereocenters. The average molecular weight is 337 g/mol. The minimum absolute atomic E-state index is 0.0290. The summed E-state index contributed by atoms with van der Waals surface area (Å²) in [6.07, 6.45) is 1.76. The second kappa shape index (κ2) is 6.31. The number of H-pyrrole nitrogens is 1. The molecule has 4 rings (SSSR count). The zero-order valence-corrected chi connectivity index (χ0v) is 14.1. The topological polar surface area (TPSA) is 49.0 Å². The number of likely N-dealkylation sites (tertiary alicyclic amines) is 1. The molecular formula is C20H20FN3O. The number of rotatable bonds is 2. The van der Waals surface area contributed by atoms with E-state index in [9.17, 15) is 9.18 Å². The van der Waals surface area contributed by atoms with Gasteiger partial charge in [-0.3, -0.25) is 4.79 Å². The summed E-state index contributed by atoms with van der Waals surface area (Å²) in [5, 5.41) is 0. The molecule has 0 radical (unpaired) electrons. The van der Waals surface area contributed by atoms with Crippen molar-refractivity contribution >= 4 is 16.9 Å². The first kappa shape index (κ1) is 15.8. The number of piperidine rings is 1. The number of carbonyl (C=O) groups excluding carboxylic acids is 1. The Morgan fingerprint density at radius 1 is 1.16 bits per heavy atom. The number of amides is 1. The average Bonchev–Trinajstić information content (AvgIpc) is 3.05. The Hall–Kier alpha value is -2.69. The van der Waals surface area contributed by atoms with Gasteiger partial charge in [-0.2, -0.15) is 0 Å². The van der Waals surface area contributed by atoms with Gasteiger partial charge in [0.1, 0.15) is 11.6 Å². The normalized spacial score (nSPS) is 15.7. The molecule has 0 unspecified atom stereocenters. The molecule has 0 spiro atoms. The lowest BCUT2D eigenvalue weighted by atomic mass is 9.95. The predicted molar refractivity (Wildman–Crippen MR) is 95.1 cm³/mol. The van der Waals surface area contributed by atoms with Crippen LogP contribution in [0.4, 0.5) is 4.39 Å². The number of carbonyl (C=O) groups is 1. The fraction of sp³-hybridized carbons (Fsp3) is 0.300. The summed E-state index contributed by atoms with van der Waals surface area (Å²) in [6.45, 7) is 3.45. The van der Waals surface area contributed by atoms with Crippen molar-refractivity contribution in [3.63, 3.8) is 0 Å². The van der Waals surface area contributed by atoms with Gasteiger partial charge in [-0.1, -0.05) is 6.07 Å². The minimum Gasteiger partial charge on any atom is -0.342 e. The number of hydrogen-bond donors (Lipinski definition) is 1. The van der Waals surface area contributed by atoms with E-state index in [1.54, 1.807) is 12.1 Å². The highest BCUT2D eigenvalue weighted by Crippen LogP contribution is 2.28. The Morgan fingerprint density at radius 2 is 1.88 bits per heavy atom. The van der Waals surface area contributed by atoms with Gasteiger partial charge in [-0.05, 0) is 61.7 Å². The van der Waals surface area contributed by atoms with Crippen LogP contribution in [0.2, 0.25) is 0 Å². The summed E-state index contributed by atoms with van der Waals surface area (Å²) in [5.74, 6) is 0.994. The van der Waals surface area contributed by atoms with Crippen LogP contribution in [0.1, 0.15) is 40.5 Å². The molecule has 0 saturated carbocycles. The predicted octanol–water partition coefficient (Wildman–Crippen LogP) is 4.03. The zero-order chi connectivity index (χ0) is 17.4. The maximum absolute atomic E-state index is 13.0. The van der Waals surface area contributed by atoms with Crippen molar-refractivity contribution in [1.29, 1.82) is 0 Å². The fourth-order valence-corrected chi connectivity index (χ4v) is 3.47. The maximum Gasteiger partial charge on any atom is 0.253 e. The third-order valence-electron chi connectivity index (χ3n) is 4.92. The fourth-order valence-electron chi connectivity index (χ4n) is 3.47. The van der Waals surface area contributed by atoms with E-state index >= 15 is 0 Å². The number of imidazole rings is 1. The number of halogens is 1. The number of aromatic nitrogens is 2. The first-order chi connectivity index (χ1) is 12.1. The van der Waals surface area contributed by atoms with E-state index in [0.717, 1.165) is 29.7 Å². The highest BCUT2D eigenvalue weighted by atomic mass is 19.1. The lowest BCUT2D eigenvalue weighted by molar-refractivity contribution is 0.0711. The number of benzene rings is 2. The van der Waals surface area contributed by atoms with Gasteiger partial charge < -0.3 is 9.88 Å². The van der Waals surface area contributed by atoms with E-state index in [-0.39, 0.29) is 11.7 Å². The summed E-state index contributed by atoms with van der Waals surface area (Å²) < 4.78 is 13.0. The molecule has 1 aliphatic rings. The molecule has 1 N–H and O–H groups in total. The first-order valence-electron chi connectivity index (χ1n) is 8.61. The molecule has 25 heavy (non-hydrogen) atoms. The van der Waals surface area contributed by atoms with Crippen LogP contribution in [-0.4, -0.2) is 33.9 Å². The minimum atomic E-state index is -0.324. The zero-order valence-electron chi connectivity index (χ0n) is 14.1. The van der Waals surface area contributed by atoms with Crippen molar-refractivity contribution in [3.8, 4) is 0 Å². The molecule has 5 heteroatoms. The Labute approximate surface area is 145 Å². The van der Waals surface area contributed by atoms with Crippen LogP contribution >= 0.6 is 0 Å². The van der Waals surface area contributed by atoms with Crippen molar-refractivity contribution in [3.05, 3.63) is 65.2 Å². The first-order valence-corrected chi connectivity index (χ1v) is 8.61. The van der Waals surface area contributed by atoms with Gasteiger partial charge in [-0.15, -0.1) is 0 Å². The van der Waals surface area contributed by atoms with E-state index in [1.165, 1.54) is 17.7 Å². The molecule has 0 bridgehead atoms. The molecule has 2 aromatic carbocycles. The van der Waals surface area contributed by atoms with Crippen molar-refractivity contribution in [2.45, 2.75) is 25.7 Å². The Balaban J connectivity index is 1.45. The van der Waals surface area contributed by atoms with E-state index in [4.69, 9.17) is 4.98 Å². The number of aryl methyl sites for hydroxylation is 1. The van der Waals surface area contributed by atoms with Crippen molar-refractivity contribution in [2.75, 3.05) is 13.1 Å². The second-order valence-electron chi connectivity index (χ2n) is 6.72. The number of hydrogen-bond acceptors (Lipinski definition) is 2. The monoisotopic (exact) mass is 337 g/mol.